The Morgan fingerprint density at radius 3 is 2.60 bits per heavy atom. The van der Waals surface area contributed by atoms with E-state index in [0.717, 1.165) is 42.0 Å². The van der Waals surface area contributed by atoms with Crippen LogP contribution in [0.15, 0.2) is 67.3 Å². The third-order valence-corrected chi connectivity index (χ3v) is 5.87. The first kappa shape index (κ1) is 18.6. The fourth-order valence-corrected chi connectivity index (χ4v) is 4.06. The summed E-state index contributed by atoms with van der Waals surface area (Å²) in [5, 5.41) is 4.60. The molecule has 1 aliphatic heterocycles. The van der Waals surface area contributed by atoms with Gasteiger partial charge in [-0.1, -0.05) is 6.07 Å². The lowest BCUT2D eigenvalue weighted by molar-refractivity contribution is 0.0777. The molecule has 0 bridgehead atoms. The van der Waals surface area contributed by atoms with Gasteiger partial charge >= 0.3 is 0 Å². The fourth-order valence-electron chi connectivity index (χ4n) is 4.06. The van der Waals surface area contributed by atoms with Gasteiger partial charge in [-0.15, -0.1) is 0 Å². The summed E-state index contributed by atoms with van der Waals surface area (Å²) in [6, 6.07) is 14.5. The molecule has 5 rings (SSSR count). The molecule has 1 aliphatic rings. The summed E-state index contributed by atoms with van der Waals surface area (Å²) >= 11 is 0. The second-order valence-electron chi connectivity index (χ2n) is 7.94. The van der Waals surface area contributed by atoms with E-state index in [0.29, 0.717) is 11.7 Å². The second-order valence-corrected chi connectivity index (χ2v) is 7.94. The van der Waals surface area contributed by atoms with Crippen molar-refractivity contribution in [2.45, 2.75) is 12.5 Å². The molecule has 0 N–H and O–H groups in total. The summed E-state index contributed by atoms with van der Waals surface area (Å²) in [7, 11) is 4.12. The van der Waals surface area contributed by atoms with Crippen molar-refractivity contribution >= 4 is 11.4 Å². The predicted octanol–water partition coefficient (Wildman–Crippen LogP) is 2.96. The quantitative estimate of drug-likeness (QED) is 0.529. The van der Waals surface area contributed by atoms with Crippen molar-refractivity contribution in [2.75, 3.05) is 27.2 Å². The number of carbonyl (C=O) groups is 1. The zero-order valence-electron chi connectivity index (χ0n) is 17.1. The summed E-state index contributed by atoms with van der Waals surface area (Å²) in [5.41, 5.74) is 3.75. The van der Waals surface area contributed by atoms with Crippen LogP contribution in [-0.4, -0.2) is 68.1 Å². The average molecular weight is 400 g/mol. The zero-order chi connectivity index (χ0) is 20.7. The Kier molecular flexibility index (Phi) is 4.59. The average Bonchev–Trinajstić information content (AvgIpc) is 3.52. The zero-order valence-corrected chi connectivity index (χ0v) is 17.1. The molecule has 0 aromatic carbocycles. The van der Waals surface area contributed by atoms with Gasteiger partial charge in [-0.2, -0.15) is 5.10 Å². The van der Waals surface area contributed by atoms with Crippen LogP contribution < -0.4 is 0 Å². The number of nitrogens with zero attached hydrogens (tertiary/aromatic N) is 6. The second kappa shape index (κ2) is 7.42. The van der Waals surface area contributed by atoms with Crippen LogP contribution in [0.1, 0.15) is 16.9 Å². The first-order valence-electron chi connectivity index (χ1n) is 10.1. The van der Waals surface area contributed by atoms with Gasteiger partial charge in [-0.3, -0.25) is 9.78 Å². The van der Waals surface area contributed by atoms with E-state index in [9.17, 15) is 4.79 Å². The molecule has 1 amide bonds. The molecule has 0 radical (unpaired) electrons. The number of hydrogen-bond acceptors (Lipinski definition) is 4. The highest BCUT2D eigenvalue weighted by atomic mass is 16.2. The Hall–Kier alpha value is -3.45. The van der Waals surface area contributed by atoms with E-state index in [4.69, 9.17) is 0 Å². The standard InChI is InChI=1S/C23H24N6O/c1-26(2)20-9-13-27(16-20)23(30)21-10-14-29(25-21)22-6-5-19-4-3-18(15-28(19)22)17-7-11-24-12-8-17/h3-8,10-12,14-15,20H,9,13,16H2,1-2H3/t20-/m0/s1. The predicted molar refractivity (Wildman–Crippen MR) is 116 cm³/mol. The molecule has 1 fully saturated rings. The third-order valence-electron chi connectivity index (χ3n) is 5.87. The minimum atomic E-state index is -0.00330. The van der Waals surface area contributed by atoms with Crippen molar-refractivity contribution in [3.63, 3.8) is 0 Å². The number of amides is 1. The van der Waals surface area contributed by atoms with Crippen molar-refractivity contribution in [3.05, 3.63) is 72.9 Å². The lowest BCUT2D eigenvalue weighted by Gasteiger charge is -2.19. The van der Waals surface area contributed by atoms with Gasteiger partial charge in [-0.05, 0) is 68.0 Å². The van der Waals surface area contributed by atoms with E-state index < -0.39 is 0 Å². The van der Waals surface area contributed by atoms with E-state index in [1.54, 1.807) is 23.1 Å². The minimum Gasteiger partial charge on any atom is -0.336 e. The molecule has 152 valence electrons. The van der Waals surface area contributed by atoms with E-state index in [-0.39, 0.29) is 5.91 Å². The van der Waals surface area contributed by atoms with Gasteiger partial charge in [0.2, 0.25) is 0 Å². The molecule has 5 heterocycles. The van der Waals surface area contributed by atoms with Crippen LogP contribution in [0.3, 0.4) is 0 Å². The molecule has 7 heteroatoms. The Bertz CT molecular complexity index is 1190. The molecular weight excluding hydrogens is 376 g/mol. The number of likely N-dealkylation sites (tertiary alicyclic amines) is 1. The summed E-state index contributed by atoms with van der Waals surface area (Å²) in [6.45, 7) is 1.53. The van der Waals surface area contributed by atoms with Crippen LogP contribution >= 0.6 is 0 Å². The molecule has 4 aromatic heterocycles. The summed E-state index contributed by atoms with van der Waals surface area (Å²) in [5.74, 6) is 0.893. The van der Waals surface area contributed by atoms with Crippen molar-refractivity contribution in [3.8, 4) is 16.9 Å². The molecule has 4 aromatic rings. The lowest BCUT2D eigenvalue weighted by Crippen LogP contribution is -2.34. The molecule has 0 spiro atoms. The van der Waals surface area contributed by atoms with E-state index in [1.807, 2.05) is 29.3 Å². The number of likely N-dealkylation sites (N-methyl/N-ethyl adjacent to an activating group) is 1. The van der Waals surface area contributed by atoms with Crippen LogP contribution in [0.5, 0.6) is 0 Å². The normalized spacial score (nSPS) is 16.6. The van der Waals surface area contributed by atoms with Gasteiger partial charge in [-0.25, -0.2) is 4.68 Å². The summed E-state index contributed by atoms with van der Waals surface area (Å²) < 4.78 is 3.87. The molecule has 7 nitrogen and oxygen atoms in total. The Morgan fingerprint density at radius 1 is 1.03 bits per heavy atom. The maximum absolute atomic E-state index is 12.9. The highest BCUT2D eigenvalue weighted by Crippen LogP contribution is 2.23. The van der Waals surface area contributed by atoms with Crippen molar-refractivity contribution in [1.29, 1.82) is 0 Å². The molecule has 0 saturated carbocycles. The highest BCUT2D eigenvalue weighted by Gasteiger charge is 2.29. The number of aromatic nitrogens is 4. The van der Waals surface area contributed by atoms with E-state index in [1.165, 1.54) is 0 Å². The Labute approximate surface area is 175 Å². The maximum atomic E-state index is 12.9. The van der Waals surface area contributed by atoms with E-state index >= 15 is 0 Å². The highest BCUT2D eigenvalue weighted by molar-refractivity contribution is 5.92. The molecule has 0 unspecified atom stereocenters. The van der Waals surface area contributed by atoms with Gasteiger partial charge in [0.05, 0.1) is 0 Å². The Morgan fingerprint density at radius 2 is 1.83 bits per heavy atom. The molecule has 30 heavy (non-hydrogen) atoms. The number of fused-ring (bicyclic) bond motifs is 1. The van der Waals surface area contributed by atoms with Gasteiger partial charge in [0.1, 0.15) is 5.82 Å². The lowest BCUT2D eigenvalue weighted by atomic mass is 10.1. The van der Waals surface area contributed by atoms with Crippen LogP contribution in [0, 0.1) is 0 Å². The van der Waals surface area contributed by atoms with E-state index in [2.05, 4.69) is 57.9 Å². The van der Waals surface area contributed by atoms with Gasteiger partial charge in [0.25, 0.3) is 5.91 Å². The number of hydrogen-bond donors (Lipinski definition) is 0. The number of carbonyl (C=O) groups excluding carboxylic acids is 1. The van der Waals surface area contributed by atoms with Crippen LogP contribution in [0.25, 0.3) is 22.5 Å². The topological polar surface area (TPSA) is 58.7 Å². The molecule has 1 saturated heterocycles. The maximum Gasteiger partial charge on any atom is 0.274 e. The molecular formula is C23H24N6O. The molecule has 0 aliphatic carbocycles. The third kappa shape index (κ3) is 3.27. The van der Waals surface area contributed by atoms with Gasteiger partial charge < -0.3 is 14.2 Å². The van der Waals surface area contributed by atoms with Crippen molar-refractivity contribution in [2.24, 2.45) is 0 Å². The SMILES string of the molecule is CN(C)[C@H]1CCN(C(=O)c2ccn(-c3ccc4ccc(-c5ccncc5)cn34)n2)C1. The first-order chi connectivity index (χ1) is 14.6. The van der Waals surface area contributed by atoms with Crippen LogP contribution in [0.2, 0.25) is 0 Å². The first-order valence-corrected chi connectivity index (χ1v) is 10.1. The largest absolute Gasteiger partial charge is 0.336 e. The van der Waals surface area contributed by atoms with Gasteiger partial charge in [0, 0.05) is 49.4 Å². The summed E-state index contributed by atoms with van der Waals surface area (Å²) in [6.07, 6.45) is 8.53. The van der Waals surface area contributed by atoms with Gasteiger partial charge in [0.15, 0.2) is 5.69 Å². The van der Waals surface area contributed by atoms with Crippen LogP contribution in [0.4, 0.5) is 0 Å². The summed E-state index contributed by atoms with van der Waals surface area (Å²) in [4.78, 5) is 21.1. The number of rotatable bonds is 4. The minimum absolute atomic E-state index is 0.00330. The smallest absolute Gasteiger partial charge is 0.274 e. The number of pyridine rings is 2. The Balaban J connectivity index is 1.44. The van der Waals surface area contributed by atoms with Crippen molar-refractivity contribution < 1.29 is 4.79 Å². The monoisotopic (exact) mass is 400 g/mol. The van der Waals surface area contributed by atoms with Crippen LogP contribution in [-0.2, 0) is 0 Å². The van der Waals surface area contributed by atoms with Crippen molar-refractivity contribution in [1.82, 2.24) is 29.0 Å². The fraction of sp³-hybridized carbons (Fsp3) is 0.261. The molecule has 1 atom stereocenters.